The molecule has 106 valence electrons. The van der Waals surface area contributed by atoms with E-state index >= 15 is 0 Å². The fourth-order valence-corrected chi connectivity index (χ4v) is 2.96. The highest BCUT2D eigenvalue weighted by molar-refractivity contribution is 7.14. The van der Waals surface area contributed by atoms with Crippen LogP contribution in [0.5, 0.6) is 0 Å². The predicted octanol–water partition coefficient (Wildman–Crippen LogP) is 0.941. The van der Waals surface area contributed by atoms with Crippen molar-refractivity contribution < 1.29 is 14.7 Å². The zero-order valence-corrected chi connectivity index (χ0v) is 12.1. The van der Waals surface area contributed by atoms with E-state index in [0.717, 1.165) is 28.4 Å². The first-order valence-electron chi connectivity index (χ1n) is 5.56. The average molecular weight is 313 g/mol. The summed E-state index contributed by atoms with van der Waals surface area (Å²) in [5.74, 6) is -1.35. The van der Waals surface area contributed by atoms with Crippen LogP contribution in [0.1, 0.15) is 11.4 Å². The fraction of sp³-hybridized carbons (Fsp3) is 0.273. The smallest absolute Gasteiger partial charge is 0.309 e. The molecule has 0 spiro atoms. The molecule has 0 aliphatic rings. The maximum Gasteiger partial charge on any atom is 0.309 e. The third-order valence-electron chi connectivity index (χ3n) is 2.41. The zero-order valence-electron chi connectivity index (χ0n) is 10.5. The van der Waals surface area contributed by atoms with Crippen molar-refractivity contribution in [1.29, 1.82) is 0 Å². The molecule has 0 saturated heterocycles. The van der Waals surface area contributed by atoms with E-state index in [9.17, 15) is 14.4 Å². The number of hydrogen-bond donors (Lipinski definition) is 2. The molecule has 20 heavy (non-hydrogen) atoms. The van der Waals surface area contributed by atoms with Gasteiger partial charge in [0, 0.05) is 16.5 Å². The Labute approximate surface area is 121 Å². The second-order valence-electron chi connectivity index (χ2n) is 3.99. The van der Waals surface area contributed by atoms with Gasteiger partial charge in [-0.3, -0.25) is 19.0 Å². The molecule has 0 unspecified atom stereocenters. The molecule has 9 heteroatoms. The third-order valence-corrected chi connectivity index (χ3v) is 4.10. The quantitative estimate of drug-likeness (QED) is 0.855. The number of hydrogen-bond acceptors (Lipinski definition) is 6. The van der Waals surface area contributed by atoms with Gasteiger partial charge >= 0.3 is 10.8 Å². The molecule has 0 atom stereocenters. The van der Waals surface area contributed by atoms with Gasteiger partial charge in [-0.15, -0.1) is 11.3 Å². The summed E-state index contributed by atoms with van der Waals surface area (Å²) in [6, 6.07) is 0. The number of nitrogens with one attached hydrogen (secondary N) is 1. The van der Waals surface area contributed by atoms with Crippen LogP contribution >= 0.6 is 22.7 Å². The molecule has 1 amide bonds. The van der Waals surface area contributed by atoms with E-state index in [1.807, 2.05) is 0 Å². The van der Waals surface area contributed by atoms with E-state index in [1.54, 1.807) is 17.7 Å². The van der Waals surface area contributed by atoms with Gasteiger partial charge in [-0.05, 0) is 6.92 Å². The van der Waals surface area contributed by atoms with E-state index in [2.05, 4.69) is 10.3 Å². The highest BCUT2D eigenvalue weighted by atomic mass is 32.1. The second-order valence-corrected chi connectivity index (χ2v) is 5.67. The first-order valence-corrected chi connectivity index (χ1v) is 7.32. The van der Waals surface area contributed by atoms with Gasteiger partial charge in [0.25, 0.3) is 0 Å². The maximum atomic E-state index is 11.8. The van der Waals surface area contributed by atoms with Crippen LogP contribution in [-0.2, 0) is 22.6 Å². The van der Waals surface area contributed by atoms with Gasteiger partial charge in [0.2, 0.25) is 5.91 Å². The van der Waals surface area contributed by atoms with Crippen molar-refractivity contribution in [3.63, 3.8) is 0 Å². The molecule has 0 aliphatic carbocycles. The number of aromatic nitrogens is 2. The van der Waals surface area contributed by atoms with E-state index in [4.69, 9.17) is 5.11 Å². The number of nitrogens with zero attached hydrogens (tertiary/aromatic N) is 2. The molecule has 0 bridgehead atoms. The lowest BCUT2D eigenvalue weighted by Crippen LogP contribution is -2.25. The Balaban J connectivity index is 2.00. The molecule has 0 aromatic carbocycles. The van der Waals surface area contributed by atoms with Crippen LogP contribution in [0.25, 0.3) is 0 Å². The Morgan fingerprint density at radius 3 is 2.75 bits per heavy atom. The molecule has 0 aliphatic heterocycles. The molecule has 0 saturated carbocycles. The monoisotopic (exact) mass is 313 g/mol. The van der Waals surface area contributed by atoms with Gasteiger partial charge < -0.3 is 10.4 Å². The van der Waals surface area contributed by atoms with Crippen LogP contribution in [0.4, 0.5) is 5.13 Å². The van der Waals surface area contributed by atoms with Crippen LogP contribution < -0.4 is 10.2 Å². The number of thiazole rings is 2. The maximum absolute atomic E-state index is 11.8. The number of rotatable bonds is 5. The molecule has 2 rings (SSSR count). The van der Waals surface area contributed by atoms with Gasteiger partial charge in [0.1, 0.15) is 6.54 Å². The molecule has 0 radical (unpaired) electrons. The van der Waals surface area contributed by atoms with Gasteiger partial charge in [-0.1, -0.05) is 11.3 Å². The summed E-state index contributed by atoms with van der Waals surface area (Å²) < 4.78 is 1.37. The lowest BCUT2D eigenvalue weighted by molar-refractivity contribution is -0.136. The number of aliphatic carboxylic acids is 1. The van der Waals surface area contributed by atoms with Gasteiger partial charge in [0.05, 0.1) is 12.1 Å². The number of carboxylic acids is 1. The topological polar surface area (TPSA) is 101 Å². The molecule has 7 nitrogen and oxygen atoms in total. The summed E-state index contributed by atoms with van der Waals surface area (Å²) in [4.78, 5) is 37.6. The number of carboxylic acid groups (broad SMARTS) is 1. The van der Waals surface area contributed by atoms with Gasteiger partial charge in [-0.2, -0.15) is 0 Å². The number of carbonyl (C=O) groups is 2. The third kappa shape index (κ3) is 3.52. The van der Waals surface area contributed by atoms with Gasteiger partial charge in [-0.25, -0.2) is 4.98 Å². The summed E-state index contributed by atoms with van der Waals surface area (Å²) in [5, 5.41) is 14.8. The van der Waals surface area contributed by atoms with Crippen LogP contribution in [0.3, 0.4) is 0 Å². The lowest BCUT2D eigenvalue weighted by atomic mass is 10.3. The Bertz CT molecular complexity index is 701. The minimum atomic E-state index is -0.978. The highest BCUT2D eigenvalue weighted by Crippen LogP contribution is 2.15. The van der Waals surface area contributed by atoms with Crippen molar-refractivity contribution in [3.05, 3.63) is 31.8 Å². The van der Waals surface area contributed by atoms with Crippen LogP contribution in [-0.4, -0.2) is 26.5 Å². The summed E-state index contributed by atoms with van der Waals surface area (Å²) >= 11 is 2.19. The first-order chi connectivity index (χ1) is 9.45. The van der Waals surface area contributed by atoms with Crippen molar-refractivity contribution in [3.8, 4) is 0 Å². The Kier molecular flexibility index (Phi) is 4.30. The summed E-state index contributed by atoms with van der Waals surface area (Å²) in [7, 11) is 0. The second kappa shape index (κ2) is 5.97. The Morgan fingerprint density at radius 2 is 2.15 bits per heavy atom. The van der Waals surface area contributed by atoms with Crippen molar-refractivity contribution >= 4 is 39.7 Å². The molecule has 2 heterocycles. The standard InChI is InChI=1S/C11H11N3O4S2/c1-6-4-20-11(18)14(6)3-8(15)13-10-12-7(5-19-10)2-9(16)17/h4-5H,2-3H2,1H3,(H,16,17)(H,12,13,15). The van der Waals surface area contributed by atoms with E-state index in [1.165, 1.54) is 4.57 Å². The SMILES string of the molecule is Cc1csc(=O)n1CC(=O)Nc1nc(CC(=O)O)cs1. The van der Waals surface area contributed by atoms with E-state index in [0.29, 0.717) is 10.8 Å². The van der Waals surface area contributed by atoms with E-state index in [-0.39, 0.29) is 23.7 Å². The number of amides is 1. The van der Waals surface area contributed by atoms with Crippen molar-refractivity contribution in [2.75, 3.05) is 5.32 Å². The minimum Gasteiger partial charge on any atom is -0.481 e. The molecular weight excluding hydrogens is 302 g/mol. The van der Waals surface area contributed by atoms with Crippen molar-refractivity contribution in [2.24, 2.45) is 0 Å². The lowest BCUT2D eigenvalue weighted by Gasteiger charge is -2.03. The fourth-order valence-electron chi connectivity index (χ4n) is 1.50. The van der Waals surface area contributed by atoms with Crippen LogP contribution in [0.15, 0.2) is 15.6 Å². The highest BCUT2D eigenvalue weighted by Gasteiger charge is 2.11. The molecule has 2 aromatic rings. The zero-order chi connectivity index (χ0) is 14.7. The van der Waals surface area contributed by atoms with E-state index < -0.39 is 5.97 Å². The van der Waals surface area contributed by atoms with Crippen molar-refractivity contribution in [2.45, 2.75) is 19.9 Å². The Morgan fingerprint density at radius 1 is 1.40 bits per heavy atom. The number of aryl methyl sites for hydroxylation is 1. The molecular formula is C11H11N3O4S2. The minimum absolute atomic E-state index is 0.0813. The van der Waals surface area contributed by atoms with Crippen molar-refractivity contribution in [1.82, 2.24) is 9.55 Å². The van der Waals surface area contributed by atoms with Gasteiger partial charge in [0.15, 0.2) is 5.13 Å². The summed E-state index contributed by atoms with van der Waals surface area (Å²) in [6.07, 6.45) is -0.185. The molecule has 2 N–H and O–H groups in total. The Hall–Kier alpha value is -2.00. The number of anilines is 1. The van der Waals surface area contributed by atoms with Crippen LogP contribution in [0.2, 0.25) is 0 Å². The normalized spacial score (nSPS) is 10.4. The first kappa shape index (κ1) is 14.4. The molecule has 0 fully saturated rings. The van der Waals surface area contributed by atoms with Crippen LogP contribution in [0, 0.1) is 6.92 Å². The molecule has 2 aromatic heterocycles. The summed E-state index contributed by atoms with van der Waals surface area (Å²) in [6.45, 7) is 1.67. The average Bonchev–Trinajstić information content (AvgIpc) is 2.90. The predicted molar refractivity (Wildman–Crippen MR) is 75.4 cm³/mol. The largest absolute Gasteiger partial charge is 0.481 e. The number of carbonyl (C=O) groups excluding carboxylic acids is 1. The summed E-state index contributed by atoms with van der Waals surface area (Å²) in [5.41, 5.74) is 1.11.